The Morgan fingerprint density at radius 2 is 2.33 bits per heavy atom. The second-order valence-corrected chi connectivity index (χ2v) is 5.30. The highest BCUT2D eigenvalue weighted by molar-refractivity contribution is 5.82. The minimum absolute atomic E-state index is 0.0212. The van der Waals surface area contributed by atoms with Crippen LogP contribution >= 0.6 is 0 Å². The van der Waals surface area contributed by atoms with E-state index >= 15 is 0 Å². The number of amides is 1. The van der Waals surface area contributed by atoms with Crippen molar-refractivity contribution in [1.82, 2.24) is 25.7 Å². The van der Waals surface area contributed by atoms with Gasteiger partial charge in [-0.25, -0.2) is 0 Å². The zero-order valence-electron chi connectivity index (χ0n) is 12.2. The van der Waals surface area contributed by atoms with E-state index in [1.807, 2.05) is 0 Å². The van der Waals surface area contributed by atoms with Crippen LogP contribution in [0, 0.1) is 0 Å². The summed E-state index contributed by atoms with van der Waals surface area (Å²) in [6.45, 7) is 6.91. The fourth-order valence-corrected chi connectivity index (χ4v) is 2.62. The fourth-order valence-electron chi connectivity index (χ4n) is 2.62. The molecule has 8 heteroatoms. The first-order chi connectivity index (χ1) is 10.3. The smallest absolute Gasteiger partial charge is 0.237 e. The minimum atomic E-state index is -0.300. The number of carbonyl (C=O) groups excluding carboxylic acids is 1. The predicted octanol–water partition coefficient (Wildman–Crippen LogP) is -0.907. The zero-order chi connectivity index (χ0) is 14.7. The largest absolute Gasteiger partial charge is 0.367 e. The summed E-state index contributed by atoms with van der Waals surface area (Å²) in [5, 5.41) is 9.96. The number of hydrogen-bond donors (Lipinski definition) is 2. The van der Waals surface area contributed by atoms with E-state index in [1.165, 1.54) is 0 Å². The molecule has 2 fully saturated rings. The normalized spacial score (nSPS) is 27.6. The van der Waals surface area contributed by atoms with Crippen molar-refractivity contribution in [3.63, 3.8) is 0 Å². The number of carbonyl (C=O) groups is 1. The molecule has 116 valence electrons. The second kappa shape index (κ2) is 6.50. The molecular weight excluding hydrogens is 274 g/mol. The summed E-state index contributed by atoms with van der Waals surface area (Å²) in [6, 6.07) is -0.300. The van der Waals surface area contributed by atoms with Crippen molar-refractivity contribution < 1.29 is 14.1 Å². The van der Waals surface area contributed by atoms with E-state index in [0.717, 1.165) is 26.2 Å². The molecule has 3 heterocycles. The van der Waals surface area contributed by atoms with Gasteiger partial charge in [0.05, 0.1) is 19.1 Å². The van der Waals surface area contributed by atoms with Crippen molar-refractivity contribution in [2.75, 3.05) is 39.3 Å². The van der Waals surface area contributed by atoms with Crippen molar-refractivity contribution in [3.8, 4) is 0 Å². The molecule has 2 aliphatic rings. The van der Waals surface area contributed by atoms with Gasteiger partial charge in [0.2, 0.25) is 17.6 Å². The minimum Gasteiger partial charge on any atom is -0.367 e. The molecule has 2 atom stereocenters. The van der Waals surface area contributed by atoms with Gasteiger partial charge < -0.3 is 19.9 Å². The number of rotatable bonds is 4. The van der Waals surface area contributed by atoms with Gasteiger partial charge in [-0.2, -0.15) is 4.98 Å². The number of ether oxygens (including phenoxy) is 1. The van der Waals surface area contributed by atoms with Gasteiger partial charge >= 0.3 is 0 Å². The van der Waals surface area contributed by atoms with Crippen LogP contribution in [0.15, 0.2) is 4.52 Å². The molecule has 1 aromatic heterocycles. The van der Waals surface area contributed by atoms with E-state index in [2.05, 4.69) is 32.6 Å². The Balaban J connectivity index is 1.61. The third-order valence-electron chi connectivity index (χ3n) is 3.88. The molecule has 0 radical (unpaired) electrons. The first-order valence-corrected chi connectivity index (χ1v) is 7.43. The topological polar surface area (TPSA) is 92.5 Å². The summed E-state index contributed by atoms with van der Waals surface area (Å²) in [7, 11) is 0. The van der Waals surface area contributed by atoms with E-state index in [9.17, 15) is 4.79 Å². The highest BCUT2D eigenvalue weighted by Crippen LogP contribution is 2.19. The molecule has 0 aromatic carbocycles. The molecule has 1 amide bonds. The van der Waals surface area contributed by atoms with Crippen LogP contribution in [0.25, 0.3) is 0 Å². The van der Waals surface area contributed by atoms with Crippen LogP contribution in [0.1, 0.15) is 24.7 Å². The van der Waals surface area contributed by atoms with Crippen LogP contribution in [0.2, 0.25) is 0 Å². The molecule has 0 spiro atoms. The van der Waals surface area contributed by atoms with Gasteiger partial charge in [-0.05, 0) is 6.54 Å². The van der Waals surface area contributed by atoms with Crippen molar-refractivity contribution in [2.45, 2.75) is 25.5 Å². The monoisotopic (exact) mass is 295 g/mol. The average Bonchev–Trinajstić information content (AvgIpc) is 2.98. The van der Waals surface area contributed by atoms with E-state index in [4.69, 9.17) is 9.26 Å². The van der Waals surface area contributed by atoms with Crippen LogP contribution in [-0.4, -0.2) is 66.3 Å². The number of likely N-dealkylation sites (N-methyl/N-ethyl adjacent to an activating group) is 1. The highest BCUT2D eigenvalue weighted by atomic mass is 16.5. The van der Waals surface area contributed by atoms with Crippen molar-refractivity contribution in [2.24, 2.45) is 0 Å². The Kier molecular flexibility index (Phi) is 4.47. The quantitative estimate of drug-likeness (QED) is 0.743. The van der Waals surface area contributed by atoms with Crippen molar-refractivity contribution >= 4 is 5.91 Å². The molecule has 2 unspecified atom stereocenters. The van der Waals surface area contributed by atoms with E-state index in [0.29, 0.717) is 31.3 Å². The third kappa shape index (κ3) is 3.39. The van der Waals surface area contributed by atoms with Gasteiger partial charge in [-0.1, -0.05) is 12.1 Å². The van der Waals surface area contributed by atoms with E-state index in [-0.39, 0.29) is 18.1 Å². The fraction of sp³-hybridized carbons (Fsp3) is 0.769. The lowest BCUT2D eigenvalue weighted by Gasteiger charge is -2.30. The number of piperazine rings is 1. The maximum Gasteiger partial charge on any atom is 0.237 e. The first-order valence-electron chi connectivity index (χ1n) is 7.43. The lowest BCUT2D eigenvalue weighted by molar-refractivity contribution is -0.124. The van der Waals surface area contributed by atoms with Crippen LogP contribution in [0.5, 0.6) is 0 Å². The lowest BCUT2D eigenvalue weighted by Crippen LogP contribution is -2.53. The first kappa shape index (κ1) is 14.4. The lowest BCUT2D eigenvalue weighted by atomic mass is 10.1. The third-order valence-corrected chi connectivity index (χ3v) is 3.88. The van der Waals surface area contributed by atoms with Gasteiger partial charge in [0, 0.05) is 26.2 Å². The van der Waals surface area contributed by atoms with Gasteiger partial charge in [0.1, 0.15) is 6.10 Å². The molecule has 2 N–H and O–H groups in total. The standard InChI is InChI=1S/C13H21N5O3/c1-2-18-5-6-20-10(8-18)12-16-11(21-17-12)7-9-13(19)15-4-3-14-9/h9-10,14H,2-8H2,1H3,(H,15,19). The van der Waals surface area contributed by atoms with Gasteiger partial charge in [0.15, 0.2) is 0 Å². The molecule has 0 aliphatic carbocycles. The Hall–Kier alpha value is -1.51. The molecule has 0 saturated carbocycles. The summed E-state index contributed by atoms with van der Waals surface area (Å²) in [5.41, 5.74) is 0. The van der Waals surface area contributed by atoms with Gasteiger partial charge in [0.25, 0.3) is 0 Å². The number of nitrogens with zero attached hydrogens (tertiary/aromatic N) is 3. The molecule has 1 aromatic rings. The van der Waals surface area contributed by atoms with Crippen LogP contribution < -0.4 is 10.6 Å². The second-order valence-electron chi connectivity index (χ2n) is 5.30. The molecular formula is C13H21N5O3. The van der Waals surface area contributed by atoms with Crippen molar-refractivity contribution in [1.29, 1.82) is 0 Å². The maximum atomic E-state index is 11.7. The molecule has 2 saturated heterocycles. The zero-order valence-corrected chi connectivity index (χ0v) is 12.2. The molecule has 3 rings (SSSR count). The van der Waals surface area contributed by atoms with Crippen LogP contribution in [0.3, 0.4) is 0 Å². The van der Waals surface area contributed by atoms with E-state index < -0.39 is 0 Å². The SMILES string of the molecule is CCN1CCOC(c2noc(CC3NCCNC3=O)n2)C1. The average molecular weight is 295 g/mol. The molecule has 21 heavy (non-hydrogen) atoms. The maximum absolute atomic E-state index is 11.7. The number of aromatic nitrogens is 2. The van der Waals surface area contributed by atoms with Gasteiger partial charge in [-0.3, -0.25) is 9.69 Å². The van der Waals surface area contributed by atoms with Crippen LogP contribution in [0.4, 0.5) is 0 Å². The van der Waals surface area contributed by atoms with Gasteiger partial charge in [-0.15, -0.1) is 0 Å². The van der Waals surface area contributed by atoms with E-state index in [1.54, 1.807) is 0 Å². The molecule has 2 aliphatic heterocycles. The Labute approximate surface area is 123 Å². The van der Waals surface area contributed by atoms with Crippen molar-refractivity contribution in [3.05, 3.63) is 11.7 Å². The number of hydrogen-bond acceptors (Lipinski definition) is 7. The number of morpholine rings is 1. The number of nitrogens with one attached hydrogen (secondary N) is 2. The molecule has 8 nitrogen and oxygen atoms in total. The summed E-state index contributed by atoms with van der Waals surface area (Å²) < 4.78 is 11.0. The summed E-state index contributed by atoms with van der Waals surface area (Å²) in [4.78, 5) is 18.4. The van der Waals surface area contributed by atoms with Crippen LogP contribution in [-0.2, 0) is 16.0 Å². The Morgan fingerprint density at radius 1 is 1.43 bits per heavy atom. The molecule has 0 bridgehead atoms. The Morgan fingerprint density at radius 3 is 3.14 bits per heavy atom. The summed E-state index contributed by atoms with van der Waals surface area (Å²) in [5.74, 6) is 1.02. The predicted molar refractivity (Wildman–Crippen MR) is 73.6 cm³/mol. The summed E-state index contributed by atoms with van der Waals surface area (Å²) >= 11 is 0. The Bertz CT molecular complexity index is 492. The highest BCUT2D eigenvalue weighted by Gasteiger charge is 2.28. The summed E-state index contributed by atoms with van der Waals surface area (Å²) in [6.07, 6.45) is 0.257.